The Hall–Kier alpha value is -1.16. The van der Waals surface area contributed by atoms with Gasteiger partial charge in [0, 0.05) is 4.88 Å². The van der Waals surface area contributed by atoms with Gasteiger partial charge in [0.2, 0.25) is 0 Å². The molecule has 0 aliphatic rings. The van der Waals surface area contributed by atoms with E-state index in [9.17, 15) is 4.79 Å². The van der Waals surface area contributed by atoms with E-state index in [1.165, 1.54) is 7.11 Å². The van der Waals surface area contributed by atoms with Crippen molar-refractivity contribution in [2.24, 2.45) is 0 Å². The fraction of sp³-hybridized carbons (Fsp3) is 0.400. The monoisotopic (exact) mass is 211 g/mol. The van der Waals surface area contributed by atoms with Crippen molar-refractivity contribution in [3.05, 3.63) is 21.7 Å². The predicted octanol–water partition coefficient (Wildman–Crippen LogP) is 2.34. The van der Waals surface area contributed by atoms with Crippen molar-refractivity contribution in [2.45, 2.75) is 20.3 Å². The smallest absolute Gasteiger partial charge is 0.309 e. The van der Waals surface area contributed by atoms with Crippen molar-refractivity contribution in [1.29, 1.82) is 0 Å². The summed E-state index contributed by atoms with van der Waals surface area (Å²) in [7, 11) is 1.39. The number of aryl methyl sites for hydroxylation is 2. The van der Waals surface area contributed by atoms with Crippen LogP contribution in [0.25, 0.3) is 6.08 Å². The number of carbonyl (C=O) groups excluding carboxylic acids is 1. The van der Waals surface area contributed by atoms with E-state index in [1.54, 1.807) is 17.4 Å². The van der Waals surface area contributed by atoms with Gasteiger partial charge in [-0.3, -0.25) is 4.79 Å². The van der Waals surface area contributed by atoms with Crippen molar-refractivity contribution in [3.8, 4) is 0 Å². The maximum absolute atomic E-state index is 10.8. The summed E-state index contributed by atoms with van der Waals surface area (Å²) in [5.74, 6) is -0.222. The zero-order chi connectivity index (χ0) is 10.6. The Bertz CT molecular complexity index is 355. The third-order valence-electron chi connectivity index (χ3n) is 1.72. The lowest BCUT2D eigenvalue weighted by Crippen LogP contribution is -1.96. The largest absolute Gasteiger partial charge is 0.469 e. The van der Waals surface area contributed by atoms with E-state index in [-0.39, 0.29) is 5.97 Å². The molecular formula is C10H13NO2S. The van der Waals surface area contributed by atoms with E-state index in [0.717, 1.165) is 15.6 Å². The Morgan fingerprint density at radius 1 is 1.57 bits per heavy atom. The first-order chi connectivity index (χ1) is 6.63. The molecule has 0 saturated heterocycles. The maximum Gasteiger partial charge on any atom is 0.309 e. The van der Waals surface area contributed by atoms with Crippen LogP contribution in [0.3, 0.4) is 0 Å². The molecule has 76 valence electrons. The lowest BCUT2D eigenvalue weighted by molar-refractivity contribution is -0.139. The Labute approximate surface area is 87.4 Å². The van der Waals surface area contributed by atoms with Crippen molar-refractivity contribution in [3.63, 3.8) is 0 Å². The topological polar surface area (TPSA) is 39.2 Å². The van der Waals surface area contributed by atoms with Gasteiger partial charge in [-0.1, -0.05) is 6.08 Å². The quantitative estimate of drug-likeness (QED) is 0.720. The predicted molar refractivity (Wildman–Crippen MR) is 57.3 cm³/mol. The molecule has 1 aromatic rings. The van der Waals surface area contributed by atoms with Crippen molar-refractivity contribution in [2.75, 3.05) is 7.11 Å². The summed E-state index contributed by atoms with van der Waals surface area (Å²) >= 11 is 1.62. The first kappa shape index (κ1) is 10.9. The van der Waals surface area contributed by atoms with Gasteiger partial charge in [0.15, 0.2) is 0 Å². The molecule has 0 N–H and O–H groups in total. The summed E-state index contributed by atoms with van der Waals surface area (Å²) in [6.45, 7) is 3.93. The number of methoxy groups -OCH3 is 1. The lowest BCUT2D eigenvalue weighted by Gasteiger charge is -1.91. The van der Waals surface area contributed by atoms with Crippen LogP contribution in [0.1, 0.15) is 22.0 Å². The molecule has 0 aromatic carbocycles. The number of rotatable bonds is 3. The minimum atomic E-state index is -0.222. The van der Waals surface area contributed by atoms with Crippen LogP contribution in [0.2, 0.25) is 0 Å². The SMILES string of the molecule is COC(=O)CC=Cc1sc(C)nc1C. The number of hydrogen-bond donors (Lipinski definition) is 0. The fourth-order valence-electron chi connectivity index (χ4n) is 1.05. The van der Waals surface area contributed by atoms with Crippen molar-refractivity contribution < 1.29 is 9.53 Å². The molecule has 14 heavy (non-hydrogen) atoms. The molecule has 0 atom stereocenters. The Kier molecular flexibility index (Phi) is 3.83. The van der Waals surface area contributed by atoms with Crippen LogP contribution in [-0.4, -0.2) is 18.1 Å². The molecule has 0 radical (unpaired) electrons. The van der Waals surface area contributed by atoms with Crippen LogP contribution < -0.4 is 0 Å². The summed E-state index contributed by atoms with van der Waals surface area (Å²) in [6, 6.07) is 0. The van der Waals surface area contributed by atoms with Gasteiger partial charge < -0.3 is 4.74 Å². The normalized spacial score (nSPS) is 10.8. The van der Waals surface area contributed by atoms with E-state index in [2.05, 4.69) is 9.72 Å². The molecule has 0 fully saturated rings. The number of ether oxygens (including phenoxy) is 1. The molecule has 3 nitrogen and oxygen atoms in total. The van der Waals surface area contributed by atoms with Crippen LogP contribution >= 0.6 is 11.3 Å². The van der Waals surface area contributed by atoms with Gasteiger partial charge in [0.1, 0.15) is 0 Å². The second-order valence-electron chi connectivity index (χ2n) is 2.87. The van der Waals surface area contributed by atoms with Crippen LogP contribution in [-0.2, 0) is 9.53 Å². The van der Waals surface area contributed by atoms with Gasteiger partial charge in [-0.05, 0) is 19.9 Å². The maximum atomic E-state index is 10.8. The van der Waals surface area contributed by atoms with E-state index < -0.39 is 0 Å². The summed E-state index contributed by atoms with van der Waals surface area (Å²) in [4.78, 5) is 16.2. The number of hydrogen-bond acceptors (Lipinski definition) is 4. The molecule has 0 unspecified atom stereocenters. The highest BCUT2D eigenvalue weighted by molar-refractivity contribution is 7.12. The number of thiazole rings is 1. The number of nitrogens with zero attached hydrogens (tertiary/aromatic N) is 1. The Morgan fingerprint density at radius 2 is 2.29 bits per heavy atom. The Morgan fingerprint density at radius 3 is 2.79 bits per heavy atom. The van der Waals surface area contributed by atoms with E-state index in [4.69, 9.17) is 0 Å². The third-order valence-corrected chi connectivity index (χ3v) is 2.76. The zero-order valence-electron chi connectivity index (χ0n) is 8.53. The molecule has 1 rings (SSSR count). The molecule has 4 heteroatoms. The summed E-state index contributed by atoms with van der Waals surface area (Å²) in [6.07, 6.45) is 4.02. The average Bonchev–Trinajstić information content (AvgIpc) is 2.45. The minimum Gasteiger partial charge on any atom is -0.469 e. The highest BCUT2D eigenvalue weighted by Crippen LogP contribution is 2.18. The Balaban J connectivity index is 2.60. The minimum absolute atomic E-state index is 0.222. The van der Waals surface area contributed by atoms with E-state index in [1.807, 2.05) is 19.9 Å². The van der Waals surface area contributed by atoms with E-state index in [0.29, 0.717) is 6.42 Å². The van der Waals surface area contributed by atoms with Gasteiger partial charge in [0.05, 0.1) is 24.2 Å². The van der Waals surface area contributed by atoms with Gasteiger partial charge >= 0.3 is 5.97 Å². The number of esters is 1. The molecule has 0 aliphatic heterocycles. The van der Waals surface area contributed by atoms with Gasteiger partial charge in [-0.15, -0.1) is 11.3 Å². The van der Waals surface area contributed by atoms with Crippen molar-refractivity contribution >= 4 is 23.4 Å². The molecule has 0 saturated carbocycles. The molecule has 0 spiro atoms. The highest BCUT2D eigenvalue weighted by Gasteiger charge is 2.00. The third kappa shape index (κ3) is 2.96. The summed E-state index contributed by atoms with van der Waals surface area (Å²) < 4.78 is 4.52. The molecule has 0 bridgehead atoms. The van der Waals surface area contributed by atoms with Crippen LogP contribution in [0.15, 0.2) is 6.08 Å². The molecule has 1 aromatic heterocycles. The molecule has 0 amide bonds. The molecule has 1 heterocycles. The van der Waals surface area contributed by atoms with Gasteiger partial charge in [-0.2, -0.15) is 0 Å². The van der Waals surface area contributed by atoms with Crippen LogP contribution in [0, 0.1) is 13.8 Å². The van der Waals surface area contributed by atoms with E-state index >= 15 is 0 Å². The fourth-order valence-corrected chi connectivity index (χ4v) is 1.91. The van der Waals surface area contributed by atoms with Crippen LogP contribution in [0.5, 0.6) is 0 Å². The van der Waals surface area contributed by atoms with Gasteiger partial charge in [-0.25, -0.2) is 4.98 Å². The standard InChI is InChI=1S/C10H13NO2S/c1-7-9(14-8(2)11-7)5-4-6-10(12)13-3/h4-5H,6H2,1-3H3. The molecule has 0 aliphatic carbocycles. The van der Waals surface area contributed by atoms with Gasteiger partial charge in [0.25, 0.3) is 0 Å². The lowest BCUT2D eigenvalue weighted by atomic mass is 10.3. The zero-order valence-corrected chi connectivity index (χ0v) is 9.35. The summed E-state index contributed by atoms with van der Waals surface area (Å²) in [5, 5.41) is 1.04. The second kappa shape index (κ2) is 4.91. The van der Waals surface area contributed by atoms with Crippen LogP contribution in [0.4, 0.5) is 0 Å². The summed E-state index contributed by atoms with van der Waals surface area (Å²) in [5.41, 5.74) is 1.01. The first-order valence-corrected chi connectivity index (χ1v) is 5.12. The highest BCUT2D eigenvalue weighted by atomic mass is 32.1. The second-order valence-corrected chi connectivity index (χ2v) is 4.10. The number of aromatic nitrogens is 1. The number of carbonyl (C=O) groups is 1. The molecular weight excluding hydrogens is 198 g/mol. The van der Waals surface area contributed by atoms with Crippen molar-refractivity contribution in [1.82, 2.24) is 4.98 Å². The average molecular weight is 211 g/mol. The first-order valence-electron chi connectivity index (χ1n) is 4.31.